The highest BCUT2D eigenvalue weighted by atomic mass is 15.0. The van der Waals surface area contributed by atoms with Gasteiger partial charge in [-0.1, -0.05) is 0 Å². The highest BCUT2D eigenvalue weighted by Crippen LogP contribution is 2.25. The molecule has 0 aliphatic heterocycles. The van der Waals surface area contributed by atoms with E-state index in [4.69, 9.17) is 5.73 Å². The number of aromatic nitrogens is 2. The number of rotatable bonds is 0. The molecule has 1 aromatic heterocycles. The van der Waals surface area contributed by atoms with Crippen LogP contribution in [-0.2, 0) is 7.05 Å². The minimum absolute atomic E-state index is 0.801. The smallest absolute Gasteiger partial charge is 0.112 e. The van der Waals surface area contributed by atoms with E-state index in [-0.39, 0.29) is 0 Å². The van der Waals surface area contributed by atoms with Crippen LogP contribution in [0.15, 0.2) is 12.4 Å². The van der Waals surface area contributed by atoms with Gasteiger partial charge < -0.3 is 10.3 Å². The van der Waals surface area contributed by atoms with Crippen LogP contribution in [0.2, 0.25) is 0 Å². The van der Waals surface area contributed by atoms with E-state index in [9.17, 15) is 0 Å². The van der Waals surface area contributed by atoms with E-state index < -0.39 is 0 Å². The molecule has 0 saturated heterocycles. The Hall–Kier alpha value is -1.51. The van der Waals surface area contributed by atoms with Crippen LogP contribution in [-0.4, -0.2) is 9.55 Å². The predicted molar refractivity (Wildman–Crippen MR) is 54.6 cm³/mol. The van der Waals surface area contributed by atoms with E-state index in [1.165, 1.54) is 5.56 Å². The molecule has 0 radical (unpaired) electrons. The standard InChI is InChI=1S/C10H13N3/c1-6-4-8-10(9(11)7(6)2)12-5-13(8)3/h4-5H,11H2,1-3H3. The normalized spacial score (nSPS) is 11.0. The molecule has 1 heterocycles. The second-order valence-electron chi connectivity index (χ2n) is 3.46. The molecular formula is C10H13N3. The lowest BCUT2D eigenvalue weighted by Gasteiger charge is -2.05. The van der Waals surface area contributed by atoms with Crippen molar-refractivity contribution in [2.24, 2.45) is 7.05 Å². The van der Waals surface area contributed by atoms with Crippen molar-refractivity contribution >= 4 is 16.7 Å². The van der Waals surface area contributed by atoms with E-state index in [0.29, 0.717) is 0 Å². The molecule has 0 bridgehead atoms. The fraction of sp³-hybridized carbons (Fsp3) is 0.300. The topological polar surface area (TPSA) is 43.8 Å². The van der Waals surface area contributed by atoms with Crippen LogP contribution in [0, 0.1) is 13.8 Å². The van der Waals surface area contributed by atoms with Gasteiger partial charge in [0.05, 0.1) is 17.5 Å². The number of hydrogen-bond donors (Lipinski definition) is 1. The minimum Gasteiger partial charge on any atom is -0.397 e. The van der Waals surface area contributed by atoms with Crippen LogP contribution in [0.3, 0.4) is 0 Å². The molecule has 0 spiro atoms. The Bertz CT molecular complexity index is 468. The molecule has 0 saturated carbocycles. The Balaban J connectivity index is 2.96. The quantitative estimate of drug-likeness (QED) is 0.620. The minimum atomic E-state index is 0.801. The van der Waals surface area contributed by atoms with Crippen LogP contribution >= 0.6 is 0 Å². The number of aryl methyl sites for hydroxylation is 2. The maximum absolute atomic E-state index is 5.96. The molecule has 2 rings (SSSR count). The van der Waals surface area contributed by atoms with Crippen LogP contribution in [0.25, 0.3) is 11.0 Å². The zero-order valence-corrected chi connectivity index (χ0v) is 8.13. The summed E-state index contributed by atoms with van der Waals surface area (Å²) in [4.78, 5) is 4.26. The van der Waals surface area contributed by atoms with E-state index in [0.717, 1.165) is 22.3 Å². The fourth-order valence-corrected chi connectivity index (χ4v) is 1.52. The SMILES string of the molecule is Cc1cc2c(ncn2C)c(N)c1C. The molecule has 2 aromatic rings. The summed E-state index contributed by atoms with van der Waals surface area (Å²) in [5, 5.41) is 0. The first kappa shape index (κ1) is 8.10. The molecule has 1 aromatic carbocycles. The Labute approximate surface area is 77.2 Å². The molecule has 0 aliphatic rings. The van der Waals surface area contributed by atoms with Gasteiger partial charge in [0.25, 0.3) is 0 Å². The molecule has 0 unspecified atom stereocenters. The molecule has 0 aliphatic carbocycles. The number of hydrogen-bond acceptors (Lipinski definition) is 2. The van der Waals surface area contributed by atoms with Gasteiger partial charge in [0, 0.05) is 7.05 Å². The molecule has 3 heteroatoms. The van der Waals surface area contributed by atoms with Crippen molar-refractivity contribution in [3.8, 4) is 0 Å². The maximum Gasteiger partial charge on any atom is 0.112 e. The van der Waals surface area contributed by atoms with Crippen LogP contribution in [0.5, 0.6) is 0 Å². The number of imidazole rings is 1. The summed E-state index contributed by atoms with van der Waals surface area (Å²) >= 11 is 0. The third kappa shape index (κ3) is 1.00. The lowest BCUT2D eigenvalue weighted by Crippen LogP contribution is -1.95. The van der Waals surface area contributed by atoms with Crippen molar-refractivity contribution in [2.75, 3.05) is 5.73 Å². The first-order chi connectivity index (χ1) is 6.11. The van der Waals surface area contributed by atoms with Gasteiger partial charge in [-0.15, -0.1) is 0 Å². The van der Waals surface area contributed by atoms with E-state index in [2.05, 4.69) is 18.0 Å². The lowest BCUT2D eigenvalue weighted by atomic mass is 10.1. The molecule has 68 valence electrons. The number of nitrogens with two attached hydrogens (primary N) is 1. The van der Waals surface area contributed by atoms with Crippen molar-refractivity contribution < 1.29 is 0 Å². The summed E-state index contributed by atoms with van der Waals surface area (Å²) in [6.07, 6.45) is 1.79. The number of nitrogen functional groups attached to an aromatic ring is 1. The van der Waals surface area contributed by atoms with Gasteiger partial charge >= 0.3 is 0 Å². The molecule has 2 N–H and O–H groups in total. The van der Waals surface area contributed by atoms with Gasteiger partial charge in [0.15, 0.2) is 0 Å². The number of fused-ring (bicyclic) bond motifs is 1. The highest BCUT2D eigenvalue weighted by Gasteiger charge is 2.07. The van der Waals surface area contributed by atoms with Crippen molar-refractivity contribution in [1.82, 2.24) is 9.55 Å². The largest absolute Gasteiger partial charge is 0.397 e. The Morgan fingerprint density at radius 2 is 2.08 bits per heavy atom. The first-order valence-electron chi connectivity index (χ1n) is 4.28. The summed E-state index contributed by atoms with van der Waals surface area (Å²) in [7, 11) is 1.98. The van der Waals surface area contributed by atoms with Crippen LogP contribution < -0.4 is 5.73 Å². The second-order valence-corrected chi connectivity index (χ2v) is 3.46. The van der Waals surface area contributed by atoms with E-state index in [1.807, 2.05) is 18.5 Å². The van der Waals surface area contributed by atoms with Gasteiger partial charge in [-0.05, 0) is 31.0 Å². The fourth-order valence-electron chi connectivity index (χ4n) is 1.52. The molecule has 0 amide bonds. The molecule has 0 atom stereocenters. The lowest BCUT2D eigenvalue weighted by molar-refractivity contribution is 0.947. The second kappa shape index (κ2) is 2.49. The van der Waals surface area contributed by atoms with E-state index >= 15 is 0 Å². The molecule has 3 nitrogen and oxygen atoms in total. The summed E-state index contributed by atoms with van der Waals surface area (Å²) < 4.78 is 1.98. The summed E-state index contributed by atoms with van der Waals surface area (Å²) in [5.41, 5.74) is 11.1. The Morgan fingerprint density at radius 3 is 2.77 bits per heavy atom. The monoisotopic (exact) mass is 175 g/mol. The summed E-state index contributed by atoms with van der Waals surface area (Å²) in [6.45, 7) is 4.09. The van der Waals surface area contributed by atoms with Gasteiger partial charge in [-0.2, -0.15) is 0 Å². The average molecular weight is 175 g/mol. The van der Waals surface area contributed by atoms with Gasteiger partial charge in [0.1, 0.15) is 5.52 Å². The third-order valence-electron chi connectivity index (χ3n) is 2.59. The third-order valence-corrected chi connectivity index (χ3v) is 2.59. The zero-order valence-electron chi connectivity index (χ0n) is 8.13. The van der Waals surface area contributed by atoms with Crippen LogP contribution in [0.4, 0.5) is 5.69 Å². The Kier molecular flexibility index (Phi) is 1.55. The predicted octanol–water partition coefficient (Wildman–Crippen LogP) is 1.77. The maximum atomic E-state index is 5.96. The number of nitrogens with zero attached hydrogens (tertiary/aromatic N) is 2. The number of benzene rings is 1. The molecular weight excluding hydrogens is 162 g/mol. The van der Waals surface area contributed by atoms with Gasteiger partial charge in [-0.3, -0.25) is 0 Å². The molecule has 13 heavy (non-hydrogen) atoms. The average Bonchev–Trinajstić information content (AvgIpc) is 2.45. The van der Waals surface area contributed by atoms with Crippen molar-refractivity contribution in [2.45, 2.75) is 13.8 Å². The van der Waals surface area contributed by atoms with Gasteiger partial charge in [-0.25, -0.2) is 4.98 Å². The van der Waals surface area contributed by atoms with Crippen LogP contribution in [0.1, 0.15) is 11.1 Å². The van der Waals surface area contributed by atoms with E-state index in [1.54, 1.807) is 6.33 Å². The van der Waals surface area contributed by atoms with Crippen molar-refractivity contribution in [1.29, 1.82) is 0 Å². The van der Waals surface area contributed by atoms with Crippen molar-refractivity contribution in [3.63, 3.8) is 0 Å². The molecule has 0 fully saturated rings. The van der Waals surface area contributed by atoms with Crippen molar-refractivity contribution in [3.05, 3.63) is 23.5 Å². The first-order valence-corrected chi connectivity index (χ1v) is 4.28. The zero-order chi connectivity index (χ0) is 9.59. The summed E-state index contributed by atoms with van der Waals surface area (Å²) in [5.74, 6) is 0. The van der Waals surface area contributed by atoms with Gasteiger partial charge in [0.2, 0.25) is 0 Å². The highest BCUT2D eigenvalue weighted by molar-refractivity contribution is 5.90. The Morgan fingerprint density at radius 1 is 1.38 bits per heavy atom. The number of anilines is 1. The summed E-state index contributed by atoms with van der Waals surface area (Å²) in [6, 6.07) is 2.12.